The minimum atomic E-state index is -0.437. The predicted octanol–water partition coefficient (Wildman–Crippen LogP) is 4.29. The molecule has 1 amide bonds. The van der Waals surface area contributed by atoms with Crippen molar-refractivity contribution in [1.29, 1.82) is 0 Å². The molecule has 0 radical (unpaired) electrons. The lowest BCUT2D eigenvalue weighted by molar-refractivity contribution is -0.384. The smallest absolute Gasteiger partial charge is 0.294 e. The number of aryl methyl sites for hydroxylation is 1. The number of halogens is 2. The molecule has 1 aliphatic rings. The number of methoxy groups -OCH3 is 1. The van der Waals surface area contributed by atoms with Gasteiger partial charge < -0.3 is 14.5 Å². The highest BCUT2D eigenvalue weighted by Crippen LogP contribution is 2.36. The van der Waals surface area contributed by atoms with Gasteiger partial charge in [-0.15, -0.1) is 0 Å². The van der Waals surface area contributed by atoms with Crippen molar-refractivity contribution in [3.05, 3.63) is 61.1 Å². The highest BCUT2D eigenvalue weighted by molar-refractivity contribution is 9.10. The van der Waals surface area contributed by atoms with Crippen molar-refractivity contribution in [1.82, 2.24) is 4.90 Å². The zero-order valence-electron chi connectivity index (χ0n) is 15.4. The average Bonchev–Trinajstić information content (AvgIpc) is 2.66. The minimum absolute atomic E-state index is 0.0310. The van der Waals surface area contributed by atoms with Crippen molar-refractivity contribution in [3.8, 4) is 5.75 Å². The molecule has 1 heterocycles. The van der Waals surface area contributed by atoms with Crippen molar-refractivity contribution in [2.45, 2.75) is 6.92 Å². The molecule has 0 saturated carbocycles. The quantitative estimate of drug-likeness (QED) is 0.494. The number of amides is 1. The maximum Gasteiger partial charge on any atom is 0.294 e. The molecule has 0 bridgehead atoms. The first-order valence-corrected chi connectivity index (χ1v) is 9.82. The van der Waals surface area contributed by atoms with Crippen LogP contribution in [-0.2, 0) is 0 Å². The van der Waals surface area contributed by atoms with Crippen LogP contribution in [0.5, 0.6) is 5.75 Å². The fourth-order valence-corrected chi connectivity index (χ4v) is 4.29. The summed E-state index contributed by atoms with van der Waals surface area (Å²) in [6.45, 7) is 3.64. The molecule has 0 atom stereocenters. The number of hydrogen-bond acceptors (Lipinski definition) is 5. The molecule has 1 aliphatic heterocycles. The van der Waals surface area contributed by atoms with E-state index in [1.807, 2.05) is 17.9 Å². The maximum atomic E-state index is 13.0. The number of benzene rings is 2. The summed E-state index contributed by atoms with van der Waals surface area (Å²) in [5, 5.41) is 11.7. The molecule has 2 aromatic carbocycles. The Balaban J connectivity index is 1.80. The van der Waals surface area contributed by atoms with E-state index in [0.29, 0.717) is 48.2 Å². The van der Waals surface area contributed by atoms with Crippen LogP contribution in [0.2, 0.25) is 5.02 Å². The largest absolute Gasteiger partial charge is 0.496 e. The van der Waals surface area contributed by atoms with Crippen LogP contribution in [0.3, 0.4) is 0 Å². The number of anilines is 1. The van der Waals surface area contributed by atoms with E-state index in [4.69, 9.17) is 16.3 Å². The van der Waals surface area contributed by atoms with Crippen LogP contribution < -0.4 is 9.64 Å². The van der Waals surface area contributed by atoms with Crippen LogP contribution in [-0.4, -0.2) is 49.0 Å². The molecule has 1 saturated heterocycles. The van der Waals surface area contributed by atoms with Gasteiger partial charge in [0.15, 0.2) is 0 Å². The highest BCUT2D eigenvalue weighted by atomic mass is 79.9. The van der Waals surface area contributed by atoms with E-state index in [9.17, 15) is 14.9 Å². The van der Waals surface area contributed by atoms with E-state index in [-0.39, 0.29) is 11.6 Å². The first-order chi connectivity index (χ1) is 13.3. The van der Waals surface area contributed by atoms with E-state index in [1.165, 1.54) is 6.07 Å². The van der Waals surface area contributed by atoms with Gasteiger partial charge in [0.2, 0.25) is 0 Å². The first kappa shape index (κ1) is 20.4. The summed E-state index contributed by atoms with van der Waals surface area (Å²) in [4.78, 5) is 27.5. The summed E-state index contributed by atoms with van der Waals surface area (Å²) in [6, 6.07) is 8.28. The van der Waals surface area contributed by atoms with Gasteiger partial charge in [0.05, 0.1) is 22.6 Å². The molecule has 0 aromatic heterocycles. The van der Waals surface area contributed by atoms with Gasteiger partial charge in [-0.2, -0.15) is 0 Å². The number of nitrogens with zero attached hydrogens (tertiary/aromatic N) is 3. The number of carbonyl (C=O) groups is 1. The van der Waals surface area contributed by atoms with Gasteiger partial charge in [0.1, 0.15) is 11.4 Å². The Morgan fingerprint density at radius 1 is 1.25 bits per heavy atom. The van der Waals surface area contributed by atoms with Crippen LogP contribution >= 0.6 is 27.5 Å². The fraction of sp³-hybridized carbons (Fsp3) is 0.316. The third-order valence-corrected chi connectivity index (χ3v) is 5.48. The van der Waals surface area contributed by atoms with E-state index < -0.39 is 4.92 Å². The Hall–Kier alpha value is -2.32. The number of hydrogen-bond donors (Lipinski definition) is 0. The van der Waals surface area contributed by atoms with Gasteiger partial charge in [-0.25, -0.2) is 0 Å². The third kappa shape index (κ3) is 3.93. The van der Waals surface area contributed by atoms with Crippen LogP contribution in [0.4, 0.5) is 11.4 Å². The predicted molar refractivity (Wildman–Crippen MR) is 112 cm³/mol. The standard InChI is InChI=1S/C19H19BrClN3O4/c1-12-10-13(20)11-14(18(12)28-2)19(25)23-8-6-22(7-9-23)17-15(21)4-3-5-16(17)24(26)27/h3-5,10-11H,6-9H2,1-2H3. The average molecular weight is 469 g/mol. The Morgan fingerprint density at radius 3 is 2.54 bits per heavy atom. The van der Waals surface area contributed by atoms with Gasteiger partial charge in [-0.1, -0.05) is 33.6 Å². The minimum Gasteiger partial charge on any atom is -0.496 e. The summed E-state index contributed by atoms with van der Waals surface area (Å²) < 4.78 is 6.23. The van der Waals surface area contributed by atoms with Gasteiger partial charge in [-0.3, -0.25) is 14.9 Å². The molecule has 1 fully saturated rings. The van der Waals surface area contributed by atoms with Gasteiger partial charge >= 0.3 is 0 Å². The number of nitro groups is 1. The lowest BCUT2D eigenvalue weighted by Crippen LogP contribution is -2.49. The Labute approximate surface area is 176 Å². The van der Waals surface area contributed by atoms with Crippen LogP contribution in [0.25, 0.3) is 0 Å². The van der Waals surface area contributed by atoms with E-state index in [0.717, 1.165) is 10.0 Å². The summed E-state index contributed by atoms with van der Waals surface area (Å²) in [5.41, 5.74) is 1.73. The number of ether oxygens (including phenoxy) is 1. The maximum absolute atomic E-state index is 13.0. The van der Waals surface area contributed by atoms with Crippen LogP contribution in [0.1, 0.15) is 15.9 Å². The second-order valence-corrected chi connectivity index (χ2v) is 7.77. The molecule has 148 valence electrons. The summed E-state index contributed by atoms with van der Waals surface area (Å²) in [5.74, 6) is 0.423. The van der Waals surface area contributed by atoms with E-state index in [1.54, 1.807) is 30.2 Å². The number of rotatable bonds is 4. The topological polar surface area (TPSA) is 75.9 Å². The van der Waals surface area contributed by atoms with E-state index >= 15 is 0 Å². The number of nitro benzene ring substituents is 1. The number of para-hydroxylation sites is 1. The molecular formula is C19H19BrClN3O4. The molecule has 0 aliphatic carbocycles. The fourth-order valence-electron chi connectivity index (χ4n) is 3.43. The lowest BCUT2D eigenvalue weighted by Gasteiger charge is -2.36. The summed E-state index contributed by atoms with van der Waals surface area (Å²) in [7, 11) is 1.54. The van der Waals surface area contributed by atoms with Crippen LogP contribution in [0, 0.1) is 17.0 Å². The second-order valence-electron chi connectivity index (χ2n) is 6.45. The van der Waals surface area contributed by atoms with Gasteiger partial charge in [0.25, 0.3) is 11.6 Å². The highest BCUT2D eigenvalue weighted by Gasteiger charge is 2.29. The molecular weight excluding hydrogens is 450 g/mol. The molecule has 0 unspecified atom stereocenters. The summed E-state index contributed by atoms with van der Waals surface area (Å²) >= 11 is 9.65. The third-order valence-electron chi connectivity index (χ3n) is 4.72. The normalized spacial score (nSPS) is 14.1. The van der Waals surface area contributed by atoms with Crippen molar-refractivity contribution >= 4 is 44.8 Å². The van der Waals surface area contributed by atoms with Gasteiger partial charge in [-0.05, 0) is 30.7 Å². The molecule has 3 rings (SSSR count). The van der Waals surface area contributed by atoms with Gasteiger partial charge in [0, 0.05) is 36.7 Å². The van der Waals surface area contributed by atoms with Crippen molar-refractivity contribution in [2.75, 3.05) is 38.2 Å². The van der Waals surface area contributed by atoms with E-state index in [2.05, 4.69) is 15.9 Å². The Morgan fingerprint density at radius 2 is 1.93 bits per heavy atom. The lowest BCUT2D eigenvalue weighted by atomic mass is 10.1. The molecule has 7 nitrogen and oxygen atoms in total. The second kappa shape index (κ2) is 8.36. The Kier molecular flexibility index (Phi) is 6.10. The zero-order chi connectivity index (χ0) is 20.4. The van der Waals surface area contributed by atoms with Crippen molar-refractivity contribution < 1.29 is 14.5 Å². The number of piperazine rings is 1. The first-order valence-electron chi connectivity index (χ1n) is 8.64. The molecule has 9 heteroatoms. The summed E-state index contributed by atoms with van der Waals surface area (Å²) in [6.07, 6.45) is 0. The molecule has 2 aromatic rings. The Bertz CT molecular complexity index is 930. The number of carbonyl (C=O) groups excluding carboxylic acids is 1. The zero-order valence-corrected chi connectivity index (χ0v) is 17.8. The molecule has 0 N–H and O–H groups in total. The SMILES string of the molecule is COc1c(C)cc(Br)cc1C(=O)N1CCN(c2c(Cl)cccc2[N+](=O)[O-])CC1. The molecule has 28 heavy (non-hydrogen) atoms. The van der Waals surface area contributed by atoms with Crippen LogP contribution in [0.15, 0.2) is 34.8 Å². The van der Waals surface area contributed by atoms with Crippen molar-refractivity contribution in [3.63, 3.8) is 0 Å². The monoisotopic (exact) mass is 467 g/mol. The van der Waals surface area contributed by atoms with Crippen molar-refractivity contribution in [2.24, 2.45) is 0 Å². The molecule has 0 spiro atoms.